The van der Waals surface area contributed by atoms with Gasteiger partial charge in [-0.25, -0.2) is 9.66 Å². The lowest BCUT2D eigenvalue weighted by Gasteiger charge is -2.29. The third kappa shape index (κ3) is 3.10. The Balaban J connectivity index is 1.93. The standard InChI is InChI=1S/C23H26ClN3O/c1-15(23(2,3)4)21-25-18-13-9-8-12-17(18)22(28)27(21)26-19(14-24)20(26)16-10-6-5-7-11-16/h5-13,15,19-20H,14H2,1-4H3/t15-,19-,20-,26?/m1/s1. The summed E-state index contributed by atoms with van der Waals surface area (Å²) in [6, 6.07) is 18.0. The predicted octanol–water partition coefficient (Wildman–Crippen LogP) is 4.85. The largest absolute Gasteiger partial charge is 0.292 e. The van der Waals surface area contributed by atoms with Crippen molar-refractivity contribution in [3.05, 3.63) is 76.3 Å². The Hall–Kier alpha value is -2.33. The second kappa shape index (κ2) is 6.93. The van der Waals surface area contributed by atoms with E-state index in [2.05, 4.69) is 44.8 Å². The second-order valence-electron chi connectivity index (χ2n) is 8.65. The van der Waals surface area contributed by atoms with E-state index in [1.54, 1.807) is 4.68 Å². The van der Waals surface area contributed by atoms with Crippen LogP contribution in [0.1, 0.15) is 51.0 Å². The Morgan fingerprint density at radius 2 is 1.71 bits per heavy atom. The molecule has 3 atom stereocenters. The van der Waals surface area contributed by atoms with Gasteiger partial charge in [-0.2, -0.15) is 0 Å². The van der Waals surface area contributed by atoms with Gasteiger partial charge in [0.05, 0.1) is 23.0 Å². The van der Waals surface area contributed by atoms with Gasteiger partial charge in [0.15, 0.2) is 0 Å². The number of para-hydroxylation sites is 1. The minimum atomic E-state index is -0.0294. The van der Waals surface area contributed by atoms with Crippen molar-refractivity contribution in [1.29, 1.82) is 0 Å². The van der Waals surface area contributed by atoms with E-state index in [1.165, 1.54) is 5.56 Å². The van der Waals surface area contributed by atoms with Crippen LogP contribution in [0, 0.1) is 5.41 Å². The van der Waals surface area contributed by atoms with Crippen molar-refractivity contribution >= 4 is 22.5 Å². The minimum Gasteiger partial charge on any atom is -0.292 e. The zero-order chi connectivity index (χ0) is 20.1. The Morgan fingerprint density at radius 1 is 1.07 bits per heavy atom. The third-order valence-electron chi connectivity index (χ3n) is 5.89. The monoisotopic (exact) mass is 395 g/mol. The fourth-order valence-electron chi connectivity index (χ4n) is 3.75. The summed E-state index contributed by atoms with van der Waals surface area (Å²) in [6.07, 6.45) is 0. The number of hydrogen-bond acceptors (Lipinski definition) is 3. The number of benzene rings is 2. The molecule has 4 rings (SSSR count). The molecule has 0 N–H and O–H groups in total. The normalized spacial score (nSPS) is 20.4. The first kappa shape index (κ1) is 19.0. The number of alkyl halides is 1. The van der Waals surface area contributed by atoms with Crippen LogP contribution in [-0.4, -0.2) is 21.6 Å². The minimum absolute atomic E-state index is 0.0229. The van der Waals surface area contributed by atoms with Crippen LogP contribution in [0.15, 0.2) is 59.4 Å². The predicted molar refractivity (Wildman–Crippen MR) is 116 cm³/mol. The van der Waals surface area contributed by atoms with Crippen molar-refractivity contribution < 1.29 is 0 Å². The van der Waals surface area contributed by atoms with E-state index in [4.69, 9.17) is 16.6 Å². The number of aromatic nitrogens is 2. The van der Waals surface area contributed by atoms with Crippen molar-refractivity contribution in [2.75, 3.05) is 10.9 Å². The Labute approximate surface area is 170 Å². The summed E-state index contributed by atoms with van der Waals surface area (Å²) < 4.78 is 1.79. The molecule has 0 radical (unpaired) electrons. The quantitative estimate of drug-likeness (QED) is 0.468. The molecule has 1 fully saturated rings. The van der Waals surface area contributed by atoms with E-state index >= 15 is 0 Å². The highest BCUT2D eigenvalue weighted by Crippen LogP contribution is 2.43. The van der Waals surface area contributed by atoms with Gasteiger partial charge in [0.25, 0.3) is 5.56 Å². The molecule has 1 aliphatic rings. The molecule has 4 nitrogen and oxygen atoms in total. The first-order valence-electron chi connectivity index (χ1n) is 9.76. The topological polar surface area (TPSA) is 37.9 Å². The van der Waals surface area contributed by atoms with E-state index in [0.29, 0.717) is 11.3 Å². The highest BCUT2D eigenvalue weighted by Gasteiger charge is 2.50. The molecule has 1 aliphatic heterocycles. The first-order valence-corrected chi connectivity index (χ1v) is 10.3. The molecule has 146 valence electrons. The SMILES string of the molecule is C[C@H](c1nc2ccccc2c(=O)n1N1[C@H](CCl)[C@H]1c1ccccc1)C(C)(C)C. The summed E-state index contributed by atoms with van der Waals surface area (Å²) in [6.45, 7) is 8.68. The van der Waals surface area contributed by atoms with Crippen LogP contribution in [0.2, 0.25) is 0 Å². The van der Waals surface area contributed by atoms with Crippen molar-refractivity contribution in [1.82, 2.24) is 9.66 Å². The Bertz CT molecular complexity index is 1050. The van der Waals surface area contributed by atoms with Crippen LogP contribution in [0.3, 0.4) is 0 Å². The summed E-state index contributed by atoms with van der Waals surface area (Å²) in [4.78, 5) is 18.5. The zero-order valence-corrected chi connectivity index (χ0v) is 17.5. The summed E-state index contributed by atoms with van der Waals surface area (Å²) in [5.74, 6) is 1.35. The van der Waals surface area contributed by atoms with Gasteiger partial charge in [-0.3, -0.25) is 9.80 Å². The van der Waals surface area contributed by atoms with Gasteiger partial charge in [-0.15, -0.1) is 11.6 Å². The van der Waals surface area contributed by atoms with Crippen LogP contribution in [0.25, 0.3) is 10.9 Å². The average Bonchev–Trinajstić information content (AvgIpc) is 3.41. The van der Waals surface area contributed by atoms with Crippen LogP contribution < -0.4 is 10.6 Å². The van der Waals surface area contributed by atoms with Crippen LogP contribution >= 0.6 is 11.6 Å². The lowest BCUT2D eigenvalue weighted by atomic mass is 9.81. The molecule has 0 amide bonds. The zero-order valence-electron chi connectivity index (χ0n) is 16.8. The van der Waals surface area contributed by atoms with E-state index < -0.39 is 0 Å². The summed E-state index contributed by atoms with van der Waals surface area (Å²) >= 11 is 6.30. The van der Waals surface area contributed by atoms with Gasteiger partial charge in [0.2, 0.25) is 0 Å². The molecule has 5 heteroatoms. The summed E-state index contributed by atoms with van der Waals surface area (Å²) in [7, 11) is 0. The molecule has 1 aromatic heterocycles. The lowest BCUT2D eigenvalue weighted by molar-refractivity contribution is 0.319. The highest BCUT2D eigenvalue weighted by atomic mass is 35.5. The van der Waals surface area contributed by atoms with Gasteiger partial charge in [0, 0.05) is 11.8 Å². The van der Waals surface area contributed by atoms with Crippen LogP contribution in [0.5, 0.6) is 0 Å². The lowest BCUT2D eigenvalue weighted by Crippen LogP contribution is -2.37. The Kier molecular flexibility index (Phi) is 4.70. The molecule has 2 aromatic carbocycles. The number of rotatable bonds is 4. The van der Waals surface area contributed by atoms with Gasteiger partial charge in [0.1, 0.15) is 5.82 Å². The third-order valence-corrected chi connectivity index (χ3v) is 6.21. The maximum atomic E-state index is 13.5. The van der Waals surface area contributed by atoms with E-state index in [1.807, 2.05) is 42.5 Å². The number of nitrogens with zero attached hydrogens (tertiary/aromatic N) is 3. The van der Waals surface area contributed by atoms with E-state index in [-0.39, 0.29) is 29.0 Å². The van der Waals surface area contributed by atoms with Gasteiger partial charge in [-0.1, -0.05) is 70.2 Å². The average molecular weight is 396 g/mol. The fourth-order valence-corrected chi connectivity index (χ4v) is 4.06. The number of fused-ring (bicyclic) bond motifs is 1. The highest BCUT2D eigenvalue weighted by molar-refractivity contribution is 6.18. The van der Waals surface area contributed by atoms with Gasteiger partial charge >= 0.3 is 0 Å². The van der Waals surface area contributed by atoms with Crippen LogP contribution in [-0.2, 0) is 0 Å². The maximum absolute atomic E-state index is 13.5. The van der Waals surface area contributed by atoms with Crippen molar-refractivity contribution in [2.45, 2.75) is 45.7 Å². The van der Waals surface area contributed by atoms with Gasteiger partial charge in [-0.05, 0) is 23.1 Å². The summed E-state index contributed by atoms with van der Waals surface area (Å²) in [5, 5.41) is 2.74. The molecule has 28 heavy (non-hydrogen) atoms. The molecule has 1 saturated heterocycles. The second-order valence-corrected chi connectivity index (χ2v) is 8.96. The molecular weight excluding hydrogens is 370 g/mol. The smallest absolute Gasteiger partial charge is 0.280 e. The molecule has 0 bridgehead atoms. The molecule has 2 heterocycles. The number of hydrogen-bond donors (Lipinski definition) is 0. The number of halogens is 1. The fraction of sp³-hybridized carbons (Fsp3) is 0.391. The molecule has 0 aliphatic carbocycles. The molecule has 3 aromatic rings. The molecule has 0 saturated carbocycles. The Morgan fingerprint density at radius 3 is 2.36 bits per heavy atom. The first-order chi connectivity index (χ1) is 13.3. The van der Waals surface area contributed by atoms with Crippen LogP contribution in [0.4, 0.5) is 0 Å². The summed E-state index contributed by atoms with van der Waals surface area (Å²) in [5.41, 5.74) is 1.86. The van der Waals surface area contributed by atoms with Crippen molar-refractivity contribution in [2.24, 2.45) is 5.41 Å². The maximum Gasteiger partial charge on any atom is 0.280 e. The van der Waals surface area contributed by atoms with Gasteiger partial charge < -0.3 is 0 Å². The van der Waals surface area contributed by atoms with E-state index in [0.717, 1.165) is 11.3 Å². The molecule has 0 spiro atoms. The van der Waals surface area contributed by atoms with Crippen molar-refractivity contribution in [3.63, 3.8) is 0 Å². The molecular formula is C23H26ClN3O. The molecule has 0 unspecified atom stereocenters. The van der Waals surface area contributed by atoms with E-state index in [9.17, 15) is 4.79 Å². The van der Waals surface area contributed by atoms with Crippen molar-refractivity contribution in [3.8, 4) is 0 Å².